The van der Waals surface area contributed by atoms with E-state index in [0.717, 1.165) is 18.2 Å². The van der Waals surface area contributed by atoms with Crippen LogP contribution in [0.3, 0.4) is 0 Å². The second-order valence-electron chi connectivity index (χ2n) is 4.81. The van der Waals surface area contributed by atoms with Gasteiger partial charge in [0.15, 0.2) is 5.58 Å². The van der Waals surface area contributed by atoms with Gasteiger partial charge in [-0.3, -0.25) is 4.57 Å². The molecule has 3 rings (SSSR count). The first-order valence-electron chi connectivity index (χ1n) is 6.56. The number of aryl methyl sites for hydroxylation is 1. The number of carbonyl (C=O) groups is 1. The van der Waals surface area contributed by atoms with E-state index in [1.165, 1.54) is 10.6 Å². The minimum absolute atomic E-state index is 0.283. The predicted molar refractivity (Wildman–Crippen MR) is 80.5 cm³/mol. The number of amides is 2. The quantitative estimate of drug-likeness (QED) is 0.762. The van der Waals surface area contributed by atoms with Crippen LogP contribution in [0.1, 0.15) is 0 Å². The zero-order valence-electron chi connectivity index (χ0n) is 11.9. The van der Waals surface area contributed by atoms with Crippen LogP contribution in [0.5, 0.6) is 0 Å². The van der Waals surface area contributed by atoms with Crippen molar-refractivity contribution in [2.45, 2.75) is 0 Å². The summed E-state index contributed by atoms with van der Waals surface area (Å²) in [5.74, 6) is -1.95. The van der Waals surface area contributed by atoms with E-state index in [1.54, 1.807) is 19.2 Å². The van der Waals surface area contributed by atoms with Gasteiger partial charge >= 0.3 is 11.8 Å². The monoisotopic (exact) mass is 319 g/mol. The fourth-order valence-electron chi connectivity index (χ4n) is 2.09. The zero-order valence-corrected chi connectivity index (χ0v) is 11.9. The minimum atomic E-state index is -0.758. The number of nitrogens with zero attached hydrogens (tertiary/aromatic N) is 1. The van der Waals surface area contributed by atoms with Crippen molar-refractivity contribution in [3.63, 3.8) is 0 Å². The van der Waals surface area contributed by atoms with E-state index in [0.29, 0.717) is 16.8 Å². The second kappa shape index (κ2) is 5.56. The SMILES string of the molecule is Cn1c(=O)oc2cc(NC(=O)Nc3cc(F)ccc3F)ccc21. The van der Waals surface area contributed by atoms with Crippen molar-refractivity contribution in [1.82, 2.24) is 4.57 Å². The van der Waals surface area contributed by atoms with E-state index in [1.807, 2.05) is 0 Å². The van der Waals surface area contributed by atoms with E-state index < -0.39 is 23.4 Å². The van der Waals surface area contributed by atoms with Crippen molar-refractivity contribution in [2.24, 2.45) is 7.05 Å². The van der Waals surface area contributed by atoms with Gasteiger partial charge in [-0.05, 0) is 24.3 Å². The molecule has 2 N–H and O–H groups in total. The lowest BCUT2D eigenvalue weighted by Crippen LogP contribution is -2.20. The molecule has 0 spiro atoms. The lowest BCUT2D eigenvalue weighted by molar-refractivity contribution is 0.262. The number of anilines is 2. The van der Waals surface area contributed by atoms with Crippen LogP contribution in [0.15, 0.2) is 45.6 Å². The molecule has 0 aliphatic heterocycles. The Morgan fingerprint density at radius 3 is 2.70 bits per heavy atom. The van der Waals surface area contributed by atoms with E-state index in [9.17, 15) is 18.4 Å². The molecule has 0 radical (unpaired) electrons. The Morgan fingerprint density at radius 1 is 1.13 bits per heavy atom. The molecule has 0 aliphatic rings. The van der Waals surface area contributed by atoms with E-state index in [2.05, 4.69) is 10.6 Å². The molecule has 0 saturated carbocycles. The average molecular weight is 319 g/mol. The summed E-state index contributed by atoms with van der Waals surface area (Å²) in [5, 5.41) is 4.65. The average Bonchev–Trinajstić information content (AvgIpc) is 2.77. The van der Waals surface area contributed by atoms with Crippen LogP contribution in [-0.4, -0.2) is 10.6 Å². The Bertz CT molecular complexity index is 962. The Labute approximate surface area is 128 Å². The molecule has 0 aliphatic carbocycles. The zero-order chi connectivity index (χ0) is 16.6. The maximum absolute atomic E-state index is 13.5. The second-order valence-corrected chi connectivity index (χ2v) is 4.81. The summed E-state index contributed by atoms with van der Waals surface area (Å²) in [6.45, 7) is 0. The lowest BCUT2D eigenvalue weighted by Gasteiger charge is -2.08. The van der Waals surface area contributed by atoms with Crippen LogP contribution in [0.25, 0.3) is 11.1 Å². The normalized spacial score (nSPS) is 10.7. The molecule has 0 saturated heterocycles. The van der Waals surface area contributed by atoms with Gasteiger partial charge in [0.2, 0.25) is 0 Å². The van der Waals surface area contributed by atoms with Crippen molar-refractivity contribution in [2.75, 3.05) is 10.6 Å². The van der Waals surface area contributed by atoms with Crippen molar-refractivity contribution < 1.29 is 18.0 Å². The predicted octanol–water partition coefficient (Wildman–Crippen LogP) is 3.05. The molecule has 0 fully saturated rings. The van der Waals surface area contributed by atoms with Crippen LogP contribution in [0.4, 0.5) is 25.0 Å². The molecule has 23 heavy (non-hydrogen) atoms. The number of rotatable bonds is 2. The van der Waals surface area contributed by atoms with Crippen molar-refractivity contribution in [1.29, 1.82) is 0 Å². The Balaban J connectivity index is 1.80. The first kappa shape index (κ1) is 14.8. The molecule has 1 heterocycles. The molecule has 3 aromatic rings. The van der Waals surface area contributed by atoms with Crippen LogP contribution < -0.4 is 16.4 Å². The number of fused-ring (bicyclic) bond motifs is 1. The van der Waals surface area contributed by atoms with Crippen LogP contribution in [0, 0.1) is 11.6 Å². The van der Waals surface area contributed by atoms with Gasteiger partial charge in [-0.15, -0.1) is 0 Å². The molecule has 8 heteroatoms. The lowest BCUT2D eigenvalue weighted by atomic mass is 10.3. The fraction of sp³-hybridized carbons (Fsp3) is 0.0667. The Morgan fingerprint density at radius 2 is 1.91 bits per heavy atom. The van der Waals surface area contributed by atoms with E-state index >= 15 is 0 Å². The summed E-state index contributed by atoms with van der Waals surface area (Å²) < 4.78 is 32.8. The Kier molecular flexibility index (Phi) is 3.57. The first-order valence-corrected chi connectivity index (χ1v) is 6.56. The molecule has 2 amide bonds. The number of nitrogens with one attached hydrogen (secondary N) is 2. The molecule has 1 aromatic heterocycles. The van der Waals surface area contributed by atoms with Gasteiger partial charge in [0.25, 0.3) is 0 Å². The fourth-order valence-corrected chi connectivity index (χ4v) is 2.09. The third kappa shape index (κ3) is 2.91. The smallest absolute Gasteiger partial charge is 0.408 e. The van der Waals surface area contributed by atoms with Gasteiger partial charge < -0.3 is 15.1 Å². The van der Waals surface area contributed by atoms with Crippen molar-refractivity contribution in [3.8, 4) is 0 Å². The van der Waals surface area contributed by atoms with Gasteiger partial charge in [0, 0.05) is 24.9 Å². The molecular formula is C15H11F2N3O3. The summed E-state index contributed by atoms with van der Waals surface area (Å²) >= 11 is 0. The molecule has 0 atom stereocenters. The summed E-state index contributed by atoms with van der Waals surface area (Å²) in [4.78, 5) is 23.2. The number of benzene rings is 2. The maximum Gasteiger partial charge on any atom is 0.419 e. The van der Waals surface area contributed by atoms with Gasteiger partial charge in [0.05, 0.1) is 11.2 Å². The van der Waals surface area contributed by atoms with Crippen LogP contribution in [0.2, 0.25) is 0 Å². The van der Waals surface area contributed by atoms with Crippen LogP contribution >= 0.6 is 0 Å². The first-order chi connectivity index (χ1) is 10.9. The largest absolute Gasteiger partial charge is 0.419 e. The summed E-state index contributed by atoms with van der Waals surface area (Å²) in [6.07, 6.45) is 0. The number of hydrogen-bond donors (Lipinski definition) is 2. The number of carbonyl (C=O) groups excluding carboxylic acids is 1. The Hall–Kier alpha value is -3.16. The molecule has 0 bridgehead atoms. The van der Waals surface area contributed by atoms with Crippen molar-refractivity contribution in [3.05, 3.63) is 58.6 Å². The van der Waals surface area contributed by atoms with Gasteiger partial charge in [-0.25, -0.2) is 18.4 Å². The maximum atomic E-state index is 13.5. The number of halogens is 2. The van der Waals surface area contributed by atoms with E-state index in [4.69, 9.17) is 4.42 Å². The topological polar surface area (TPSA) is 76.3 Å². The number of aromatic nitrogens is 1. The number of urea groups is 1. The minimum Gasteiger partial charge on any atom is -0.408 e. The highest BCUT2D eigenvalue weighted by Gasteiger charge is 2.10. The summed E-state index contributed by atoms with van der Waals surface area (Å²) in [6, 6.07) is 6.58. The number of hydrogen-bond acceptors (Lipinski definition) is 3. The molecule has 2 aromatic carbocycles. The van der Waals surface area contributed by atoms with Gasteiger partial charge in [0.1, 0.15) is 11.6 Å². The van der Waals surface area contributed by atoms with E-state index in [-0.39, 0.29) is 5.69 Å². The third-order valence-corrected chi connectivity index (χ3v) is 3.23. The van der Waals surface area contributed by atoms with Crippen molar-refractivity contribution >= 4 is 28.5 Å². The summed E-state index contributed by atoms with van der Waals surface area (Å²) in [5.41, 5.74) is 0.917. The molecule has 118 valence electrons. The molecular weight excluding hydrogens is 308 g/mol. The summed E-state index contributed by atoms with van der Waals surface area (Å²) in [7, 11) is 1.56. The molecule has 0 unspecified atom stereocenters. The van der Waals surface area contributed by atoms with Gasteiger partial charge in [-0.1, -0.05) is 0 Å². The standard InChI is InChI=1S/C15H11F2N3O3/c1-20-12-5-3-9(7-13(12)23-15(20)22)18-14(21)19-11-6-8(16)2-4-10(11)17/h2-7H,1H3,(H2,18,19,21). The third-order valence-electron chi connectivity index (χ3n) is 3.23. The number of oxazole rings is 1. The highest BCUT2D eigenvalue weighted by atomic mass is 19.1. The highest BCUT2D eigenvalue weighted by molar-refractivity contribution is 6.00. The van der Waals surface area contributed by atoms with Gasteiger partial charge in [-0.2, -0.15) is 0 Å². The molecule has 6 nitrogen and oxygen atoms in total. The highest BCUT2D eigenvalue weighted by Crippen LogP contribution is 2.19. The van der Waals surface area contributed by atoms with Crippen LogP contribution in [-0.2, 0) is 7.05 Å².